The lowest BCUT2D eigenvalue weighted by atomic mass is 9.88. The third-order valence-corrected chi connectivity index (χ3v) is 5.40. The van der Waals surface area contributed by atoms with Crippen LogP contribution in [0, 0.1) is 5.82 Å². The average molecular weight is 438 g/mol. The molecular weight excluding hydrogens is 417 g/mol. The first kappa shape index (κ1) is 20.9. The molecule has 0 spiro atoms. The molecule has 1 aromatic carbocycles. The summed E-state index contributed by atoms with van der Waals surface area (Å²) in [5.74, 6) is -0.839. The second-order valence-electron chi connectivity index (χ2n) is 8.25. The smallest absolute Gasteiger partial charge is 0.270 e. The Balaban J connectivity index is 1.53. The van der Waals surface area contributed by atoms with Crippen molar-refractivity contribution >= 4 is 28.5 Å². The van der Waals surface area contributed by atoms with Gasteiger partial charge >= 0.3 is 0 Å². The molecular formula is C23H21ClFN5O. The molecule has 4 rings (SSSR count). The molecule has 0 saturated carbocycles. The minimum absolute atomic E-state index is 0.0511. The predicted octanol–water partition coefficient (Wildman–Crippen LogP) is 5.04. The van der Waals surface area contributed by atoms with E-state index >= 15 is 0 Å². The molecule has 2 N–H and O–H groups in total. The first-order valence-electron chi connectivity index (χ1n) is 9.75. The van der Waals surface area contributed by atoms with Gasteiger partial charge in [0.05, 0.1) is 5.69 Å². The summed E-state index contributed by atoms with van der Waals surface area (Å²) >= 11 is 6.39. The van der Waals surface area contributed by atoms with E-state index in [1.807, 2.05) is 6.07 Å². The zero-order valence-corrected chi connectivity index (χ0v) is 18.1. The van der Waals surface area contributed by atoms with Crippen LogP contribution in [0.5, 0.6) is 0 Å². The Kier molecular flexibility index (Phi) is 5.45. The van der Waals surface area contributed by atoms with Gasteiger partial charge in [0.2, 0.25) is 0 Å². The van der Waals surface area contributed by atoms with Gasteiger partial charge in [-0.1, -0.05) is 38.4 Å². The topological polar surface area (TPSA) is 83.6 Å². The highest BCUT2D eigenvalue weighted by Gasteiger charge is 2.17. The third kappa shape index (κ3) is 4.27. The van der Waals surface area contributed by atoms with Crippen LogP contribution in [-0.4, -0.2) is 25.8 Å². The quantitative estimate of drug-likeness (QED) is 0.468. The number of aromatic nitrogens is 4. The number of pyridine rings is 1. The Bertz CT molecular complexity index is 1260. The zero-order chi connectivity index (χ0) is 22.2. The fourth-order valence-electron chi connectivity index (χ4n) is 3.23. The predicted molar refractivity (Wildman–Crippen MR) is 118 cm³/mol. The number of aromatic amines is 1. The van der Waals surface area contributed by atoms with Gasteiger partial charge in [0.15, 0.2) is 0 Å². The van der Waals surface area contributed by atoms with E-state index in [0.717, 1.165) is 5.56 Å². The van der Waals surface area contributed by atoms with E-state index in [-0.39, 0.29) is 29.1 Å². The molecule has 0 aliphatic heterocycles. The van der Waals surface area contributed by atoms with E-state index in [4.69, 9.17) is 11.6 Å². The number of amides is 1. The van der Waals surface area contributed by atoms with Crippen LogP contribution in [0.25, 0.3) is 22.3 Å². The number of hydrogen-bond acceptors (Lipinski definition) is 4. The van der Waals surface area contributed by atoms with E-state index in [9.17, 15) is 9.18 Å². The molecule has 0 aliphatic rings. The van der Waals surface area contributed by atoms with Crippen LogP contribution in [-0.2, 0) is 12.0 Å². The highest BCUT2D eigenvalue weighted by atomic mass is 35.5. The molecule has 4 aromatic rings. The summed E-state index contributed by atoms with van der Waals surface area (Å²) in [5, 5.41) is 3.77. The fraction of sp³-hybridized carbons (Fsp3) is 0.217. The number of carbonyl (C=O) groups excluding carboxylic acids is 1. The summed E-state index contributed by atoms with van der Waals surface area (Å²) in [4.78, 5) is 28.0. The van der Waals surface area contributed by atoms with Crippen LogP contribution in [0.4, 0.5) is 4.39 Å². The molecule has 6 nitrogen and oxygen atoms in total. The van der Waals surface area contributed by atoms with Crippen LogP contribution >= 0.6 is 11.6 Å². The van der Waals surface area contributed by atoms with Gasteiger partial charge in [0.25, 0.3) is 5.91 Å². The van der Waals surface area contributed by atoms with Crippen molar-refractivity contribution < 1.29 is 9.18 Å². The molecule has 1 amide bonds. The standard InChI is InChI=1S/C23H21ClFN5O/c1-23(2,3)14-4-5-19(27-11-14)22(31)28-10-13-8-18(25)16(9-17(13)24)20-15-6-7-26-21(15)30-12-29-20/h4-9,11-12H,10H2,1-3H3,(H,28,31)(H,26,29,30). The van der Waals surface area contributed by atoms with E-state index in [1.54, 1.807) is 24.5 Å². The Morgan fingerprint density at radius 3 is 2.68 bits per heavy atom. The fourth-order valence-corrected chi connectivity index (χ4v) is 3.46. The summed E-state index contributed by atoms with van der Waals surface area (Å²) < 4.78 is 14.9. The van der Waals surface area contributed by atoms with Gasteiger partial charge in [-0.25, -0.2) is 14.4 Å². The first-order valence-corrected chi connectivity index (χ1v) is 10.1. The Hall–Kier alpha value is -3.32. The lowest BCUT2D eigenvalue weighted by molar-refractivity contribution is 0.0946. The molecule has 0 bridgehead atoms. The van der Waals surface area contributed by atoms with Crippen molar-refractivity contribution in [1.82, 2.24) is 25.3 Å². The van der Waals surface area contributed by atoms with E-state index in [2.05, 4.69) is 46.0 Å². The molecule has 0 radical (unpaired) electrons. The number of hydrogen-bond donors (Lipinski definition) is 2. The summed E-state index contributed by atoms with van der Waals surface area (Å²) in [5.41, 5.74) is 3.06. The lowest BCUT2D eigenvalue weighted by Gasteiger charge is -2.18. The van der Waals surface area contributed by atoms with Crippen molar-refractivity contribution in [3.05, 3.63) is 76.7 Å². The maximum absolute atomic E-state index is 14.9. The number of H-pyrrole nitrogens is 1. The summed E-state index contributed by atoms with van der Waals surface area (Å²) in [6, 6.07) is 8.17. The van der Waals surface area contributed by atoms with Crippen LogP contribution in [0.2, 0.25) is 5.02 Å². The summed E-state index contributed by atoms with van der Waals surface area (Å²) in [7, 11) is 0. The highest BCUT2D eigenvalue weighted by molar-refractivity contribution is 6.31. The molecule has 0 saturated heterocycles. The Morgan fingerprint density at radius 2 is 1.97 bits per heavy atom. The second kappa shape index (κ2) is 8.07. The van der Waals surface area contributed by atoms with Crippen molar-refractivity contribution in [2.24, 2.45) is 0 Å². The minimum Gasteiger partial charge on any atom is -0.347 e. The molecule has 8 heteroatoms. The molecule has 0 fully saturated rings. The Morgan fingerprint density at radius 1 is 1.16 bits per heavy atom. The van der Waals surface area contributed by atoms with E-state index < -0.39 is 5.82 Å². The van der Waals surface area contributed by atoms with Crippen molar-refractivity contribution in [2.45, 2.75) is 32.7 Å². The number of nitrogens with one attached hydrogen (secondary N) is 2. The third-order valence-electron chi connectivity index (χ3n) is 5.05. The molecule has 0 aliphatic carbocycles. The van der Waals surface area contributed by atoms with Gasteiger partial charge in [-0.2, -0.15) is 0 Å². The van der Waals surface area contributed by atoms with Crippen molar-refractivity contribution in [2.75, 3.05) is 0 Å². The van der Waals surface area contributed by atoms with E-state index in [1.165, 1.54) is 18.5 Å². The monoisotopic (exact) mass is 437 g/mol. The van der Waals surface area contributed by atoms with Gasteiger partial charge in [-0.05, 0) is 40.8 Å². The number of halogens is 2. The second-order valence-corrected chi connectivity index (χ2v) is 8.66. The molecule has 0 atom stereocenters. The van der Waals surface area contributed by atoms with Crippen molar-refractivity contribution in [3.8, 4) is 11.3 Å². The van der Waals surface area contributed by atoms with E-state index in [0.29, 0.717) is 27.3 Å². The van der Waals surface area contributed by atoms with Gasteiger partial charge < -0.3 is 10.3 Å². The number of benzene rings is 1. The normalized spacial score (nSPS) is 11.6. The molecule has 31 heavy (non-hydrogen) atoms. The zero-order valence-electron chi connectivity index (χ0n) is 17.3. The summed E-state index contributed by atoms with van der Waals surface area (Å²) in [6.45, 7) is 6.30. The van der Waals surface area contributed by atoms with Crippen molar-refractivity contribution in [1.29, 1.82) is 0 Å². The number of fused-ring (bicyclic) bond motifs is 1. The van der Waals surface area contributed by atoms with Gasteiger partial charge in [0, 0.05) is 34.9 Å². The average Bonchev–Trinajstić information content (AvgIpc) is 3.22. The number of nitrogens with zero attached hydrogens (tertiary/aromatic N) is 3. The highest BCUT2D eigenvalue weighted by Crippen LogP contribution is 2.31. The molecule has 0 unspecified atom stereocenters. The lowest BCUT2D eigenvalue weighted by Crippen LogP contribution is -2.24. The maximum Gasteiger partial charge on any atom is 0.270 e. The minimum atomic E-state index is -0.484. The van der Waals surface area contributed by atoms with Crippen molar-refractivity contribution in [3.63, 3.8) is 0 Å². The number of rotatable bonds is 4. The van der Waals surface area contributed by atoms with Crippen LogP contribution in [0.15, 0.2) is 49.1 Å². The number of carbonyl (C=O) groups is 1. The first-order chi connectivity index (χ1) is 14.7. The largest absolute Gasteiger partial charge is 0.347 e. The van der Waals surface area contributed by atoms with Gasteiger partial charge in [0.1, 0.15) is 23.5 Å². The van der Waals surface area contributed by atoms with Gasteiger partial charge in [-0.15, -0.1) is 0 Å². The molecule has 3 aromatic heterocycles. The SMILES string of the molecule is CC(C)(C)c1ccc(C(=O)NCc2cc(F)c(-c3ncnc4[nH]ccc34)cc2Cl)nc1. The van der Waals surface area contributed by atoms with Crippen LogP contribution < -0.4 is 5.32 Å². The van der Waals surface area contributed by atoms with Gasteiger partial charge in [-0.3, -0.25) is 9.78 Å². The summed E-state index contributed by atoms with van der Waals surface area (Å²) in [6.07, 6.45) is 4.78. The Labute approximate surface area is 183 Å². The maximum atomic E-state index is 14.9. The van der Waals surface area contributed by atoms with Crippen LogP contribution in [0.3, 0.4) is 0 Å². The molecule has 158 valence electrons. The molecule has 3 heterocycles. The van der Waals surface area contributed by atoms with Crippen LogP contribution in [0.1, 0.15) is 42.4 Å².